The first kappa shape index (κ1) is 17.7. The van der Waals surface area contributed by atoms with Gasteiger partial charge in [-0.3, -0.25) is 14.5 Å². The zero-order chi connectivity index (χ0) is 20.1. The zero-order valence-corrected chi connectivity index (χ0v) is 16.5. The fourth-order valence-electron chi connectivity index (χ4n) is 4.81. The van der Waals surface area contributed by atoms with E-state index in [2.05, 4.69) is 21.6 Å². The molecule has 4 heterocycles. The van der Waals surface area contributed by atoms with Gasteiger partial charge in [0.2, 0.25) is 0 Å². The van der Waals surface area contributed by atoms with Crippen molar-refractivity contribution in [3.63, 3.8) is 0 Å². The summed E-state index contributed by atoms with van der Waals surface area (Å²) in [6, 6.07) is 12.0. The van der Waals surface area contributed by atoms with E-state index in [9.17, 15) is 10.1 Å². The molecule has 1 aromatic carbocycles. The number of nitriles is 1. The van der Waals surface area contributed by atoms with Crippen LogP contribution in [0.25, 0.3) is 22.3 Å². The molecule has 0 saturated carbocycles. The molecule has 2 aromatic heterocycles. The van der Waals surface area contributed by atoms with E-state index >= 15 is 0 Å². The van der Waals surface area contributed by atoms with Crippen molar-refractivity contribution >= 4 is 16.8 Å². The lowest BCUT2D eigenvalue weighted by Crippen LogP contribution is -2.43. The molecule has 3 atom stereocenters. The van der Waals surface area contributed by atoms with Gasteiger partial charge in [-0.15, -0.1) is 0 Å². The van der Waals surface area contributed by atoms with Gasteiger partial charge in [-0.25, -0.2) is 0 Å². The molecule has 2 bridgehead atoms. The van der Waals surface area contributed by atoms with E-state index in [0.717, 1.165) is 47.2 Å². The molecular weight excluding hydrogens is 364 g/mol. The SMILES string of the molecule is Cc1cccc(-c2nn(C)c3cc(C(=O)N[C@@H]4C[C@@H]5CC[C@H]4N5C#N)ccc23)n1. The molecule has 0 unspecified atom stereocenters. The Hall–Kier alpha value is -3.40. The second kappa shape index (κ2) is 6.59. The van der Waals surface area contributed by atoms with Crippen molar-refractivity contribution in [2.45, 2.75) is 44.3 Å². The van der Waals surface area contributed by atoms with Crippen molar-refractivity contribution in [1.29, 1.82) is 5.26 Å². The molecule has 2 aliphatic heterocycles. The molecule has 3 aromatic rings. The summed E-state index contributed by atoms with van der Waals surface area (Å²) in [7, 11) is 1.88. The smallest absolute Gasteiger partial charge is 0.251 e. The lowest BCUT2D eigenvalue weighted by molar-refractivity contribution is 0.0928. The van der Waals surface area contributed by atoms with Crippen LogP contribution in [0.4, 0.5) is 0 Å². The number of nitrogens with one attached hydrogen (secondary N) is 1. The van der Waals surface area contributed by atoms with E-state index in [0.29, 0.717) is 5.56 Å². The van der Waals surface area contributed by atoms with E-state index in [4.69, 9.17) is 0 Å². The van der Waals surface area contributed by atoms with Crippen LogP contribution in [0.1, 0.15) is 35.3 Å². The summed E-state index contributed by atoms with van der Waals surface area (Å²) in [5.74, 6) is -0.0984. The maximum atomic E-state index is 12.9. The number of aryl methyl sites for hydroxylation is 2. The average Bonchev–Trinajstić information content (AvgIpc) is 3.38. The Balaban J connectivity index is 1.43. The molecule has 5 rings (SSSR count). The summed E-state index contributed by atoms with van der Waals surface area (Å²) >= 11 is 0. The third kappa shape index (κ3) is 2.83. The molecule has 2 saturated heterocycles. The molecule has 7 nitrogen and oxygen atoms in total. The maximum Gasteiger partial charge on any atom is 0.251 e. The number of carbonyl (C=O) groups excluding carboxylic acids is 1. The Morgan fingerprint density at radius 3 is 2.90 bits per heavy atom. The molecule has 1 N–H and O–H groups in total. The van der Waals surface area contributed by atoms with Crippen LogP contribution in [0.3, 0.4) is 0 Å². The first-order valence-electron chi connectivity index (χ1n) is 9.95. The Morgan fingerprint density at radius 2 is 2.14 bits per heavy atom. The summed E-state index contributed by atoms with van der Waals surface area (Å²) in [5.41, 5.74) is 4.08. The molecule has 7 heteroatoms. The third-order valence-corrected chi connectivity index (χ3v) is 6.21. The van der Waals surface area contributed by atoms with E-state index in [1.54, 1.807) is 4.68 Å². The van der Waals surface area contributed by atoms with Gasteiger partial charge in [-0.1, -0.05) is 6.07 Å². The van der Waals surface area contributed by atoms with Crippen molar-refractivity contribution < 1.29 is 4.79 Å². The average molecular weight is 386 g/mol. The summed E-state index contributed by atoms with van der Waals surface area (Å²) in [6.07, 6.45) is 5.15. The highest BCUT2D eigenvalue weighted by molar-refractivity contribution is 6.00. The van der Waals surface area contributed by atoms with Gasteiger partial charge in [0, 0.05) is 29.7 Å². The minimum Gasteiger partial charge on any atom is -0.347 e. The van der Waals surface area contributed by atoms with Crippen LogP contribution in [0, 0.1) is 18.4 Å². The number of rotatable bonds is 3. The number of fused-ring (bicyclic) bond motifs is 3. The predicted octanol–water partition coefficient (Wildman–Crippen LogP) is 2.76. The van der Waals surface area contributed by atoms with Crippen LogP contribution in [0.2, 0.25) is 0 Å². The van der Waals surface area contributed by atoms with Gasteiger partial charge in [-0.2, -0.15) is 10.4 Å². The molecular formula is C22H22N6O. The van der Waals surface area contributed by atoms with Crippen molar-refractivity contribution in [2.75, 3.05) is 0 Å². The minimum absolute atomic E-state index is 0.0372. The van der Waals surface area contributed by atoms with Crippen molar-refractivity contribution in [2.24, 2.45) is 7.05 Å². The zero-order valence-electron chi connectivity index (χ0n) is 16.5. The monoisotopic (exact) mass is 386 g/mol. The number of carbonyl (C=O) groups is 1. The first-order chi connectivity index (χ1) is 14.0. The summed E-state index contributed by atoms with van der Waals surface area (Å²) in [4.78, 5) is 19.3. The van der Waals surface area contributed by atoms with Crippen molar-refractivity contribution in [1.82, 2.24) is 25.0 Å². The molecule has 2 aliphatic rings. The highest BCUT2D eigenvalue weighted by Gasteiger charge is 2.46. The van der Waals surface area contributed by atoms with Gasteiger partial charge >= 0.3 is 0 Å². The predicted molar refractivity (Wildman–Crippen MR) is 109 cm³/mol. The molecule has 2 fully saturated rings. The summed E-state index contributed by atoms with van der Waals surface area (Å²) < 4.78 is 1.79. The summed E-state index contributed by atoms with van der Waals surface area (Å²) in [6.45, 7) is 1.96. The quantitative estimate of drug-likeness (QED) is 0.700. The van der Waals surface area contributed by atoms with Gasteiger partial charge in [-0.05, 0) is 56.5 Å². The molecule has 0 radical (unpaired) electrons. The minimum atomic E-state index is -0.0984. The number of pyridine rings is 1. The third-order valence-electron chi connectivity index (χ3n) is 6.21. The number of aromatic nitrogens is 3. The number of nitrogens with zero attached hydrogens (tertiary/aromatic N) is 5. The normalized spacial score (nSPS) is 22.8. The highest BCUT2D eigenvalue weighted by Crippen LogP contribution is 2.37. The second-order valence-corrected chi connectivity index (χ2v) is 7.99. The summed E-state index contributed by atoms with van der Waals surface area (Å²) in [5, 5.41) is 18.1. The Labute approximate surface area is 168 Å². The standard InChI is InChI=1S/C22H22N6O/c1-13-4-3-5-17(24-13)21-16-8-6-14(10-20(16)27(2)26-21)22(29)25-18-11-15-7-9-19(18)28(15)12-23/h3-6,8,10,15,18-19H,7,9,11H2,1-2H3,(H,25,29)/t15-,18+,19+/m0/s1. The van der Waals surface area contributed by atoms with Crippen LogP contribution < -0.4 is 5.32 Å². The number of hydrogen-bond donors (Lipinski definition) is 1. The number of benzene rings is 1. The van der Waals surface area contributed by atoms with Crippen molar-refractivity contribution in [3.8, 4) is 17.6 Å². The van der Waals surface area contributed by atoms with Crippen LogP contribution in [-0.2, 0) is 7.05 Å². The van der Waals surface area contributed by atoms with Crippen LogP contribution >= 0.6 is 0 Å². The lowest BCUT2D eigenvalue weighted by atomic mass is 9.95. The topological polar surface area (TPSA) is 86.8 Å². The van der Waals surface area contributed by atoms with Gasteiger partial charge in [0.1, 0.15) is 5.69 Å². The second-order valence-electron chi connectivity index (χ2n) is 7.99. The molecule has 146 valence electrons. The fourth-order valence-corrected chi connectivity index (χ4v) is 4.81. The van der Waals surface area contributed by atoms with Crippen molar-refractivity contribution in [3.05, 3.63) is 47.7 Å². The Bertz CT molecular complexity index is 1160. The Kier molecular flexibility index (Phi) is 4.02. The van der Waals surface area contributed by atoms with E-state index in [1.165, 1.54) is 0 Å². The van der Waals surface area contributed by atoms with Crippen LogP contribution in [0.5, 0.6) is 0 Å². The van der Waals surface area contributed by atoms with Gasteiger partial charge in [0.05, 0.1) is 23.3 Å². The largest absolute Gasteiger partial charge is 0.347 e. The number of amides is 1. The molecule has 0 aliphatic carbocycles. The lowest BCUT2D eigenvalue weighted by Gasteiger charge is -2.21. The molecule has 29 heavy (non-hydrogen) atoms. The molecule has 0 spiro atoms. The van der Waals surface area contributed by atoms with Gasteiger partial charge in [0.15, 0.2) is 6.19 Å². The Morgan fingerprint density at radius 1 is 1.28 bits per heavy atom. The van der Waals surface area contributed by atoms with Gasteiger partial charge in [0.25, 0.3) is 5.91 Å². The molecule has 1 amide bonds. The number of hydrogen-bond acceptors (Lipinski definition) is 5. The maximum absolute atomic E-state index is 12.9. The van der Waals surface area contributed by atoms with Gasteiger partial charge < -0.3 is 10.2 Å². The van der Waals surface area contributed by atoms with Crippen LogP contribution in [0.15, 0.2) is 36.4 Å². The highest BCUT2D eigenvalue weighted by atomic mass is 16.1. The van der Waals surface area contributed by atoms with E-state index in [1.807, 2.05) is 55.3 Å². The fraction of sp³-hybridized carbons (Fsp3) is 0.364. The van der Waals surface area contributed by atoms with Crippen LogP contribution in [-0.4, -0.2) is 43.7 Å². The first-order valence-corrected chi connectivity index (χ1v) is 9.95. The van der Waals surface area contributed by atoms with E-state index in [-0.39, 0.29) is 24.0 Å². The van der Waals surface area contributed by atoms with E-state index < -0.39 is 0 Å².